The molecular formula is C21H32O4. The molecule has 0 aromatic carbocycles. The van der Waals surface area contributed by atoms with Crippen molar-refractivity contribution in [3.63, 3.8) is 0 Å². The molecule has 0 aliphatic heterocycles. The highest BCUT2D eigenvalue weighted by atomic mass is 16.5. The second-order valence-electron chi connectivity index (χ2n) is 8.68. The van der Waals surface area contributed by atoms with Crippen LogP contribution in [0.3, 0.4) is 0 Å². The maximum absolute atomic E-state index is 12.4. The van der Waals surface area contributed by atoms with E-state index in [0.717, 1.165) is 38.5 Å². The second-order valence-corrected chi connectivity index (χ2v) is 8.68. The predicted molar refractivity (Wildman–Crippen MR) is 95.8 cm³/mol. The molecule has 4 nitrogen and oxygen atoms in total. The molecule has 0 spiro atoms. The molecule has 3 aliphatic rings. The van der Waals surface area contributed by atoms with Gasteiger partial charge in [-0.15, -0.1) is 0 Å². The molecule has 0 bridgehead atoms. The summed E-state index contributed by atoms with van der Waals surface area (Å²) in [6.07, 6.45) is 8.45. The molecule has 3 rings (SSSR count). The number of aliphatic hydroxyl groups is 1. The number of Topliss-reactive ketones (excluding diaryl/α,β-unsaturated/α-hetero) is 1. The van der Waals surface area contributed by atoms with E-state index in [1.165, 1.54) is 12.5 Å². The highest BCUT2D eigenvalue weighted by Gasteiger charge is 2.49. The van der Waals surface area contributed by atoms with Crippen molar-refractivity contribution >= 4 is 11.8 Å². The standard InChI is InChI=1S/C21H32O4/c1-13-4-7-18-17(20(25-14(2)22)9-8-19(13)24)6-5-15-12-16(23)10-11-21(15,18)3/h5,13,16-18,20,23H,4,6-12H2,1-3H3/t13?,16-,17+,18-,20+,21-/m0/s1. The minimum atomic E-state index is -0.248. The van der Waals surface area contributed by atoms with E-state index in [0.29, 0.717) is 24.5 Å². The Hall–Kier alpha value is -1.16. The molecule has 1 N–H and O–H groups in total. The van der Waals surface area contributed by atoms with Crippen molar-refractivity contribution in [1.82, 2.24) is 0 Å². The molecule has 0 amide bonds. The van der Waals surface area contributed by atoms with E-state index in [1.807, 2.05) is 6.92 Å². The first-order valence-electron chi connectivity index (χ1n) is 9.88. The first-order chi connectivity index (χ1) is 11.8. The number of fused-ring (bicyclic) bond motifs is 3. The fraction of sp³-hybridized carbons (Fsp3) is 0.810. The molecule has 25 heavy (non-hydrogen) atoms. The van der Waals surface area contributed by atoms with Gasteiger partial charge >= 0.3 is 5.97 Å². The lowest BCUT2D eigenvalue weighted by molar-refractivity contribution is -0.153. The van der Waals surface area contributed by atoms with Crippen LogP contribution in [-0.4, -0.2) is 29.1 Å². The number of carbonyl (C=O) groups excluding carboxylic acids is 2. The maximum Gasteiger partial charge on any atom is 0.302 e. The largest absolute Gasteiger partial charge is 0.462 e. The van der Waals surface area contributed by atoms with Crippen LogP contribution in [0.25, 0.3) is 0 Å². The highest BCUT2D eigenvalue weighted by molar-refractivity contribution is 5.80. The summed E-state index contributed by atoms with van der Waals surface area (Å²) in [4.78, 5) is 24.0. The van der Waals surface area contributed by atoms with Gasteiger partial charge in [-0.3, -0.25) is 9.59 Å². The Morgan fingerprint density at radius 3 is 2.76 bits per heavy atom. The Morgan fingerprint density at radius 2 is 2.04 bits per heavy atom. The van der Waals surface area contributed by atoms with Gasteiger partial charge < -0.3 is 9.84 Å². The summed E-state index contributed by atoms with van der Waals surface area (Å²) >= 11 is 0. The van der Waals surface area contributed by atoms with E-state index in [2.05, 4.69) is 13.0 Å². The number of rotatable bonds is 1. The molecule has 4 heteroatoms. The van der Waals surface area contributed by atoms with Crippen LogP contribution in [0.2, 0.25) is 0 Å². The molecule has 0 aromatic rings. The van der Waals surface area contributed by atoms with Gasteiger partial charge in [-0.05, 0) is 56.3 Å². The average Bonchev–Trinajstić information content (AvgIpc) is 2.60. The SMILES string of the molecule is CC(=O)O[C@@H]1CCC(=O)C(C)CC[C@H]2[C@H]1CC=C1C[C@@H](O)CC[C@@]12C. The number of allylic oxidation sites excluding steroid dienone is 1. The van der Waals surface area contributed by atoms with Crippen LogP contribution in [-0.2, 0) is 14.3 Å². The van der Waals surface area contributed by atoms with Gasteiger partial charge in [0.15, 0.2) is 0 Å². The third kappa shape index (κ3) is 3.69. The van der Waals surface area contributed by atoms with Crippen LogP contribution in [0.4, 0.5) is 0 Å². The van der Waals surface area contributed by atoms with Gasteiger partial charge in [0, 0.05) is 25.2 Å². The molecular weight excluding hydrogens is 316 g/mol. The van der Waals surface area contributed by atoms with Crippen LogP contribution in [0.5, 0.6) is 0 Å². The molecule has 0 aromatic heterocycles. The third-order valence-electron chi connectivity index (χ3n) is 7.09. The summed E-state index contributed by atoms with van der Waals surface area (Å²) in [5.41, 5.74) is 1.44. The lowest BCUT2D eigenvalue weighted by Gasteiger charge is -2.51. The van der Waals surface area contributed by atoms with Crippen molar-refractivity contribution in [3.8, 4) is 0 Å². The summed E-state index contributed by atoms with van der Waals surface area (Å²) in [5.74, 6) is 0.836. The zero-order valence-corrected chi connectivity index (χ0v) is 15.8. The number of carbonyl (C=O) groups is 2. The molecule has 2 fully saturated rings. The Morgan fingerprint density at radius 1 is 1.28 bits per heavy atom. The van der Waals surface area contributed by atoms with Crippen LogP contribution in [0.1, 0.15) is 72.1 Å². The van der Waals surface area contributed by atoms with E-state index in [-0.39, 0.29) is 35.4 Å². The number of hydrogen-bond acceptors (Lipinski definition) is 4. The van der Waals surface area contributed by atoms with Crippen LogP contribution in [0.15, 0.2) is 11.6 Å². The molecule has 6 atom stereocenters. The Kier molecular flexibility index (Phi) is 5.38. The number of aliphatic hydroxyl groups excluding tert-OH is 1. The van der Waals surface area contributed by atoms with Gasteiger partial charge in [-0.1, -0.05) is 25.5 Å². The van der Waals surface area contributed by atoms with Gasteiger partial charge in [-0.2, -0.15) is 0 Å². The van der Waals surface area contributed by atoms with Crippen LogP contribution < -0.4 is 0 Å². The van der Waals surface area contributed by atoms with Crippen molar-refractivity contribution in [2.75, 3.05) is 0 Å². The van der Waals surface area contributed by atoms with Crippen molar-refractivity contribution in [2.24, 2.45) is 23.2 Å². The van der Waals surface area contributed by atoms with E-state index in [4.69, 9.17) is 4.74 Å². The van der Waals surface area contributed by atoms with Crippen molar-refractivity contribution in [1.29, 1.82) is 0 Å². The van der Waals surface area contributed by atoms with E-state index >= 15 is 0 Å². The second kappa shape index (κ2) is 7.22. The summed E-state index contributed by atoms with van der Waals surface area (Å²) < 4.78 is 5.71. The van der Waals surface area contributed by atoms with E-state index < -0.39 is 0 Å². The number of ether oxygens (including phenoxy) is 1. The first kappa shape index (κ1) is 18.6. The zero-order valence-electron chi connectivity index (χ0n) is 15.8. The van der Waals surface area contributed by atoms with Crippen molar-refractivity contribution in [2.45, 2.75) is 84.3 Å². The smallest absolute Gasteiger partial charge is 0.302 e. The number of esters is 1. The highest BCUT2D eigenvalue weighted by Crippen LogP contribution is 2.56. The Bertz CT molecular complexity index is 566. The molecule has 0 saturated heterocycles. The van der Waals surface area contributed by atoms with Crippen molar-refractivity contribution in [3.05, 3.63) is 11.6 Å². The average molecular weight is 348 g/mol. The van der Waals surface area contributed by atoms with Gasteiger partial charge in [-0.25, -0.2) is 0 Å². The summed E-state index contributed by atoms with van der Waals surface area (Å²) in [7, 11) is 0. The zero-order chi connectivity index (χ0) is 18.2. The monoisotopic (exact) mass is 348 g/mol. The molecule has 2 saturated carbocycles. The molecule has 3 aliphatic carbocycles. The maximum atomic E-state index is 12.4. The first-order valence-corrected chi connectivity index (χ1v) is 9.88. The van der Waals surface area contributed by atoms with Crippen molar-refractivity contribution < 1.29 is 19.4 Å². The minimum absolute atomic E-state index is 0.0631. The third-order valence-corrected chi connectivity index (χ3v) is 7.09. The summed E-state index contributed by atoms with van der Waals surface area (Å²) in [6, 6.07) is 0. The van der Waals surface area contributed by atoms with Gasteiger partial charge in [0.1, 0.15) is 11.9 Å². The topological polar surface area (TPSA) is 63.6 Å². The van der Waals surface area contributed by atoms with Crippen LogP contribution >= 0.6 is 0 Å². The quantitative estimate of drug-likeness (QED) is 0.578. The van der Waals surface area contributed by atoms with Gasteiger partial charge in [0.05, 0.1) is 6.10 Å². The molecule has 140 valence electrons. The molecule has 1 unspecified atom stereocenters. The fourth-order valence-electron chi connectivity index (χ4n) is 5.51. The number of ketones is 1. The van der Waals surface area contributed by atoms with E-state index in [1.54, 1.807) is 0 Å². The summed E-state index contributed by atoms with van der Waals surface area (Å²) in [5, 5.41) is 10.1. The van der Waals surface area contributed by atoms with Gasteiger partial charge in [0.25, 0.3) is 0 Å². The molecule has 0 radical (unpaired) electrons. The number of hydrogen-bond donors (Lipinski definition) is 1. The lowest BCUT2D eigenvalue weighted by atomic mass is 9.54. The predicted octanol–water partition coefficient (Wildman–Crippen LogP) is 3.81. The summed E-state index contributed by atoms with van der Waals surface area (Å²) in [6.45, 7) is 5.83. The molecule has 0 heterocycles. The Labute approximate surface area is 151 Å². The van der Waals surface area contributed by atoms with Gasteiger partial charge in [0.2, 0.25) is 0 Å². The normalized spacial score (nSPS) is 42.2. The van der Waals surface area contributed by atoms with E-state index in [9.17, 15) is 14.7 Å². The minimum Gasteiger partial charge on any atom is -0.462 e. The van der Waals surface area contributed by atoms with Crippen LogP contribution in [0, 0.1) is 23.2 Å². The Balaban J connectivity index is 1.94. The lowest BCUT2D eigenvalue weighted by Crippen LogP contribution is -2.46. The fourth-order valence-corrected chi connectivity index (χ4v) is 5.51.